The molecule has 0 aromatic heterocycles. The number of benzene rings is 1. The van der Waals surface area contributed by atoms with E-state index in [2.05, 4.69) is 15.9 Å². The van der Waals surface area contributed by atoms with Gasteiger partial charge < -0.3 is 9.64 Å². The fraction of sp³-hybridized carbons (Fsp3) is 0.417. The number of hydrogen-bond acceptors (Lipinski definition) is 2. The average molecular weight is 338 g/mol. The van der Waals surface area contributed by atoms with Crippen LogP contribution in [0.25, 0.3) is 0 Å². The number of alkyl halides is 3. The van der Waals surface area contributed by atoms with Gasteiger partial charge in [-0.2, -0.15) is 13.2 Å². The summed E-state index contributed by atoms with van der Waals surface area (Å²) in [5.41, 5.74) is 0.159. The highest BCUT2D eigenvalue weighted by Crippen LogP contribution is 2.28. The average Bonchev–Trinajstić information content (AvgIpc) is 2.23. The summed E-state index contributed by atoms with van der Waals surface area (Å²) in [5, 5.41) is 0. The van der Waals surface area contributed by atoms with Gasteiger partial charge in [0.2, 0.25) is 0 Å². The zero-order valence-corrected chi connectivity index (χ0v) is 11.4. The Kier molecular flexibility index (Phi) is 4.03. The first-order valence-corrected chi connectivity index (χ1v) is 6.44. The highest BCUT2D eigenvalue weighted by molar-refractivity contribution is 9.10. The zero-order valence-electron chi connectivity index (χ0n) is 9.84. The smallest absolute Gasteiger partial charge is 0.422 e. The van der Waals surface area contributed by atoms with Crippen LogP contribution in [0.5, 0.6) is 5.75 Å². The van der Waals surface area contributed by atoms with E-state index in [0.29, 0.717) is 17.6 Å². The van der Waals surface area contributed by atoms with Crippen molar-refractivity contribution < 1.29 is 22.7 Å². The summed E-state index contributed by atoms with van der Waals surface area (Å²) in [5.74, 6) is -0.348. The molecule has 1 aromatic rings. The van der Waals surface area contributed by atoms with Crippen molar-refractivity contribution in [2.75, 3.05) is 19.7 Å². The third-order valence-corrected chi connectivity index (χ3v) is 3.20. The first-order valence-electron chi connectivity index (χ1n) is 5.65. The van der Waals surface area contributed by atoms with E-state index in [1.165, 1.54) is 12.1 Å². The lowest BCUT2D eigenvalue weighted by atomic mass is 10.1. The van der Waals surface area contributed by atoms with Crippen molar-refractivity contribution in [3.8, 4) is 5.75 Å². The van der Waals surface area contributed by atoms with Crippen molar-refractivity contribution in [1.82, 2.24) is 4.90 Å². The highest BCUT2D eigenvalue weighted by atomic mass is 79.9. The summed E-state index contributed by atoms with van der Waals surface area (Å²) in [6, 6.07) is 4.45. The van der Waals surface area contributed by atoms with E-state index in [9.17, 15) is 18.0 Å². The molecule has 0 radical (unpaired) electrons. The topological polar surface area (TPSA) is 29.5 Å². The van der Waals surface area contributed by atoms with Gasteiger partial charge in [-0.15, -0.1) is 0 Å². The van der Waals surface area contributed by atoms with Gasteiger partial charge in [-0.25, -0.2) is 0 Å². The van der Waals surface area contributed by atoms with Gasteiger partial charge in [-0.3, -0.25) is 4.79 Å². The Hall–Kier alpha value is -1.24. The molecule has 1 aliphatic rings. The Morgan fingerprint density at radius 2 is 2.05 bits per heavy atom. The van der Waals surface area contributed by atoms with E-state index in [-0.39, 0.29) is 17.2 Å². The Morgan fingerprint density at radius 3 is 2.58 bits per heavy atom. The summed E-state index contributed by atoms with van der Waals surface area (Å²) < 4.78 is 41.8. The van der Waals surface area contributed by atoms with E-state index < -0.39 is 12.8 Å². The van der Waals surface area contributed by atoms with Gasteiger partial charge in [0.1, 0.15) is 5.75 Å². The number of halogens is 4. The second-order valence-electron chi connectivity index (χ2n) is 4.19. The molecule has 19 heavy (non-hydrogen) atoms. The van der Waals surface area contributed by atoms with Gasteiger partial charge in [0.25, 0.3) is 5.91 Å². The van der Waals surface area contributed by atoms with Crippen LogP contribution < -0.4 is 4.74 Å². The van der Waals surface area contributed by atoms with E-state index in [4.69, 9.17) is 4.74 Å². The maximum absolute atomic E-state index is 12.2. The number of hydrogen-bond donors (Lipinski definition) is 0. The molecular formula is C12H11BrF3NO2. The van der Waals surface area contributed by atoms with Gasteiger partial charge >= 0.3 is 6.18 Å². The molecule has 7 heteroatoms. The summed E-state index contributed by atoms with van der Waals surface area (Å²) in [7, 11) is 0. The molecule has 0 bridgehead atoms. The molecule has 0 unspecified atom stereocenters. The molecule has 2 rings (SSSR count). The predicted molar refractivity (Wildman–Crippen MR) is 66.2 cm³/mol. The minimum Gasteiger partial charge on any atom is -0.483 e. The summed E-state index contributed by atoms with van der Waals surface area (Å²) >= 11 is 3.15. The maximum Gasteiger partial charge on any atom is 0.422 e. The molecule has 104 valence electrons. The van der Waals surface area contributed by atoms with Crippen LogP contribution in [0.4, 0.5) is 13.2 Å². The molecule has 1 heterocycles. The molecule has 1 fully saturated rings. The Labute approximate surface area is 116 Å². The molecule has 0 spiro atoms. The van der Waals surface area contributed by atoms with E-state index in [0.717, 1.165) is 6.42 Å². The number of likely N-dealkylation sites (tertiary alicyclic amines) is 1. The van der Waals surface area contributed by atoms with Crippen molar-refractivity contribution in [1.29, 1.82) is 0 Å². The van der Waals surface area contributed by atoms with Gasteiger partial charge in [-0.05, 0) is 24.6 Å². The molecule has 0 atom stereocenters. The lowest BCUT2D eigenvalue weighted by molar-refractivity contribution is -0.153. The Balaban J connectivity index is 2.19. The monoisotopic (exact) mass is 337 g/mol. The van der Waals surface area contributed by atoms with E-state index in [1.54, 1.807) is 11.0 Å². The van der Waals surface area contributed by atoms with Crippen LogP contribution in [0.2, 0.25) is 0 Å². The fourth-order valence-electron chi connectivity index (χ4n) is 1.64. The Bertz CT molecular complexity index is 486. The quantitative estimate of drug-likeness (QED) is 0.847. The molecule has 0 saturated carbocycles. The predicted octanol–water partition coefficient (Wildman–Crippen LogP) is 3.24. The van der Waals surface area contributed by atoms with Crippen molar-refractivity contribution in [2.45, 2.75) is 12.6 Å². The molecule has 1 aliphatic heterocycles. The summed E-state index contributed by atoms with van der Waals surface area (Å²) in [4.78, 5) is 13.6. The van der Waals surface area contributed by atoms with E-state index in [1.807, 2.05) is 0 Å². The summed E-state index contributed by atoms with van der Waals surface area (Å²) in [6.45, 7) is -0.148. The van der Waals surface area contributed by atoms with Crippen LogP contribution in [0.15, 0.2) is 22.7 Å². The van der Waals surface area contributed by atoms with Crippen molar-refractivity contribution in [3.05, 3.63) is 28.2 Å². The van der Waals surface area contributed by atoms with Crippen LogP contribution in [0, 0.1) is 0 Å². The normalized spacial score (nSPS) is 15.1. The third kappa shape index (κ3) is 3.62. The van der Waals surface area contributed by atoms with Crippen LogP contribution in [-0.2, 0) is 0 Å². The van der Waals surface area contributed by atoms with Gasteiger partial charge in [0, 0.05) is 17.6 Å². The lowest BCUT2D eigenvalue weighted by Crippen LogP contribution is -2.42. The molecule has 1 saturated heterocycles. The van der Waals surface area contributed by atoms with Crippen molar-refractivity contribution in [3.63, 3.8) is 0 Å². The van der Waals surface area contributed by atoms with Gasteiger partial charge in [0.15, 0.2) is 6.61 Å². The second-order valence-corrected chi connectivity index (χ2v) is 5.11. The number of ether oxygens (including phenoxy) is 1. The number of amides is 1. The van der Waals surface area contributed by atoms with Crippen LogP contribution in [0.3, 0.4) is 0 Å². The SMILES string of the molecule is O=C(c1ccc(Br)cc1OCC(F)(F)F)N1CCC1. The largest absolute Gasteiger partial charge is 0.483 e. The minimum atomic E-state index is -4.43. The minimum absolute atomic E-state index is 0.0522. The molecule has 1 amide bonds. The third-order valence-electron chi connectivity index (χ3n) is 2.71. The summed E-state index contributed by atoms with van der Waals surface area (Å²) in [6.07, 6.45) is -3.51. The number of nitrogens with zero attached hydrogens (tertiary/aromatic N) is 1. The van der Waals surface area contributed by atoms with Crippen LogP contribution in [0.1, 0.15) is 16.8 Å². The number of carbonyl (C=O) groups excluding carboxylic acids is 1. The zero-order chi connectivity index (χ0) is 14.0. The Morgan fingerprint density at radius 1 is 1.37 bits per heavy atom. The van der Waals surface area contributed by atoms with Crippen molar-refractivity contribution in [2.24, 2.45) is 0 Å². The van der Waals surface area contributed by atoms with Gasteiger partial charge in [-0.1, -0.05) is 15.9 Å². The fourth-order valence-corrected chi connectivity index (χ4v) is 1.98. The number of carbonyl (C=O) groups is 1. The molecule has 0 aliphatic carbocycles. The molecule has 3 nitrogen and oxygen atoms in total. The van der Waals surface area contributed by atoms with Crippen LogP contribution in [-0.4, -0.2) is 36.7 Å². The van der Waals surface area contributed by atoms with Crippen LogP contribution >= 0.6 is 15.9 Å². The lowest BCUT2D eigenvalue weighted by Gasteiger charge is -2.31. The second kappa shape index (κ2) is 5.40. The first kappa shape index (κ1) is 14.2. The molecule has 1 aromatic carbocycles. The first-order chi connectivity index (χ1) is 8.87. The number of rotatable bonds is 3. The van der Waals surface area contributed by atoms with Crippen molar-refractivity contribution >= 4 is 21.8 Å². The molecule has 0 N–H and O–H groups in total. The van der Waals surface area contributed by atoms with Gasteiger partial charge in [0.05, 0.1) is 5.56 Å². The van der Waals surface area contributed by atoms with E-state index >= 15 is 0 Å². The standard InChI is InChI=1S/C12H11BrF3NO2/c13-8-2-3-9(11(18)17-4-1-5-17)10(6-8)19-7-12(14,15)16/h2-3,6H,1,4-5,7H2. The molecular weight excluding hydrogens is 327 g/mol. The maximum atomic E-state index is 12.2. The highest BCUT2D eigenvalue weighted by Gasteiger charge is 2.30.